The second kappa shape index (κ2) is 16.6. The molecule has 0 spiro atoms. The quantitative estimate of drug-likeness (QED) is 0.116. The molecule has 0 amide bonds. The zero-order valence-electron chi connectivity index (χ0n) is 21.0. The van der Waals surface area contributed by atoms with Crippen LogP contribution in [0.25, 0.3) is 0 Å². The summed E-state index contributed by atoms with van der Waals surface area (Å²) in [6.45, 7) is 9.12. The van der Waals surface area contributed by atoms with Gasteiger partial charge in [0, 0.05) is 0 Å². The predicted molar refractivity (Wildman–Crippen MR) is 137 cm³/mol. The minimum absolute atomic E-state index is 0.425. The van der Waals surface area contributed by atoms with Crippen LogP contribution in [-0.2, 0) is 16.2 Å². The monoisotopic (exact) mass is 469 g/mol. The van der Waals surface area contributed by atoms with Gasteiger partial charge in [-0.05, 0) is 87.4 Å². The number of ether oxygens (including phenoxy) is 4. The van der Waals surface area contributed by atoms with Gasteiger partial charge in [0.05, 0.1) is 32.6 Å². The molecule has 0 heterocycles. The normalized spacial score (nSPS) is 11.3. The van der Waals surface area contributed by atoms with Gasteiger partial charge in [-0.3, -0.25) is 0 Å². The topological polar surface area (TPSA) is 58.5 Å². The van der Waals surface area contributed by atoms with Crippen LogP contribution in [0.4, 0.5) is 0 Å². The zero-order valence-corrected chi connectivity index (χ0v) is 21.0. The Balaban J connectivity index is 1.56. The molecule has 2 rings (SSSR count). The summed E-state index contributed by atoms with van der Waals surface area (Å²) in [6.07, 6.45) is 9.87. The first-order valence-corrected chi connectivity index (χ1v) is 12.0. The van der Waals surface area contributed by atoms with Crippen molar-refractivity contribution in [2.75, 3.05) is 33.5 Å². The van der Waals surface area contributed by atoms with E-state index in [4.69, 9.17) is 18.9 Å². The average molecular weight is 470 g/mol. The number of unbranched alkanes of at least 4 members (excludes halogenated alkanes) is 3. The first kappa shape index (κ1) is 27.3. The smallest absolute Gasteiger partial charge is 0.125 e. The van der Waals surface area contributed by atoms with E-state index in [0.717, 1.165) is 72.8 Å². The molecule has 0 radical (unpaired) electrons. The Morgan fingerprint density at radius 2 is 1.47 bits per heavy atom. The van der Waals surface area contributed by atoms with Gasteiger partial charge < -0.3 is 23.8 Å². The Hall–Kier alpha value is -2.99. The Kier molecular flexibility index (Phi) is 13.3. The van der Waals surface area contributed by atoms with E-state index in [2.05, 4.69) is 23.8 Å². The first-order valence-electron chi connectivity index (χ1n) is 12.0. The van der Waals surface area contributed by atoms with Crippen molar-refractivity contribution in [3.05, 3.63) is 65.2 Å². The predicted octanol–water partition coefficient (Wildman–Crippen LogP) is 6.43. The van der Waals surface area contributed by atoms with Crippen LogP contribution >= 0.6 is 0 Å². The molecule has 186 valence electrons. The molecule has 2 aromatic carbocycles. The van der Waals surface area contributed by atoms with Crippen LogP contribution in [-0.4, -0.2) is 39.8 Å². The number of rotatable bonds is 17. The number of nitrogens with zero attached hydrogens (tertiary/aromatic N) is 1. The summed E-state index contributed by atoms with van der Waals surface area (Å²) in [4.78, 5) is 4.59. The largest absolute Gasteiger partial charge is 0.494 e. The lowest BCUT2D eigenvalue weighted by Gasteiger charge is -2.14. The molecular formula is C28H39NO5. The highest BCUT2D eigenvalue weighted by Crippen LogP contribution is 2.28. The molecule has 0 aliphatic carbocycles. The standard InChI is InChI=1S/C28H39NO5/c1-5-6-16-33-27-20-23(2)28(24(3)21-27)34-18-10-8-7-9-17-32-26-13-11-25(12-14-26)22-31-19-15-29-30-4/h5-6,11-15,20-21H,7-10,16-19,22H2,1-4H3/b6-5+,29-15+. The van der Waals surface area contributed by atoms with Crippen molar-refractivity contribution < 1.29 is 23.8 Å². The minimum Gasteiger partial charge on any atom is -0.494 e. The fourth-order valence-corrected chi connectivity index (χ4v) is 3.40. The van der Waals surface area contributed by atoms with E-state index in [0.29, 0.717) is 19.8 Å². The molecule has 0 atom stereocenters. The molecule has 0 saturated carbocycles. The molecule has 6 nitrogen and oxygen atoms in total. The van der Waals surface area contributed by atoms with Gasteiger partial charge in [-0.1, -0.05) is 29.4 Å². The van der Waals surface area contributed by atoms with Crippen LogP contribution < -0.4 is 14.2 Å². The van der Waals surface area contributed by atoms with Crippen LogP contribution in [0.15, 0.2) is 53.7 Å². The summed E-state index contributed by atoms with van der Waals surface area (Å²) >= 11 is 0. The number of aryl methyl sites for hydroxylation is 2. The molecule has 2 aromatic rings. The lowest BCUT2D eigenvalue weighted by Crippen LogP contribution is -2.03. The van der Waals surface area contributed by atoms with E-state index in [9.17, 15) is 0 Å². The molecule has 0 N–H and O–H groups in total. The minimum atomic E-state index is 0.425. The first-order chi connectivity index (χ1) is 16.6. The van der Waals surface area contributed by atoms with Crippen LogP contribution in [0.5, 0.6) is 17.2 Å². The molecule has 0 aliphatic rings. The van der Waals surface area contributed by atoms with Crippen molar-refractivity contribution in [3.63, 3.8) is 0 Å². The van der Waals surface area contributed by atoms with E-state index >= 15 is 0 Å². The van der Waals surface area contributed by atoms with E-state index in [-0.39, 0.29) is 0 Å². The molecule has 0 fully saturated rings. The maximum absolute atomic E-state index is 6.06. The SMILES string of the molecule is C/C=C/COc1cc(C)c(OCCCCCCOc2ccc(COC/C=N/OC)cc2)c(C)c1. The molecular weight excluding hydrogens is 430 g/mol. The fourth-order valence-electron chi connectivity index (χ4n) is 3.40. The maximum atomic E-state index is 6.06. The van der Waals surface area contributed by atoms with Crippen LogP contribution in [0.3, 0.4) is 0 Å². The third kappa shape index (κ3) is 10.8. The van der Waals surface area contributed by atoms with Crippen molar-refractivity contribution in [2.45, 2.75) is 53.1 Å². The molecule has 0 unspecified atom stereocenters. The molecule has 0 bridgehead atoms. The second-order valence-electron chi connectivity index (χ2n) is 8.01. The Morgan fingerprint density at radius 3 is 2.12 bits per heavy atom. The summed E-state index contributed by atoms with van der Waals surface area (Å²) in [5.74, 6) is 2.74. The zero-order chi connectivity index (χ0) is 24.4. The maximum Gasteiger partial charge on any atom is 0.125 e. The Bertz CT molecular complexity index is 854. The Morgan fingerprint density at radius 1 is 0.794 bits per heavy atom. The van der Waals surface area contributed by atoms with E-state index in [1.54, 1.807) is 6.21 Å². The van der Waals surface area contributed by atoms with Crippen molar-refractivity contribution in [3.8, 4) is 17.2 Å². The van der Waals surface area contributed by atoms with Gasteiger partial charge in [0.15, 0.2) is 0 Å². The highest BCUT2D eigenvalue weighted by Gasteiger charge is 2.07. The molecule has 0 aliphatic heterocycles. The third-order valence-corrected chi connectivity index (χ3v) is 5.13. The highest BCUT2D eigenvalue weighted by molar-refractivity contribution is 5.57. The van der Waals surface area contributed by atoms with Gasteiger partial charge in [-0.25, -0.2) is 0 Å². The van der Waals surface area contributed by atoms with Gasteiger partial charge in [-0.2, -0.15) is 0 Å². The second-order valence-corrected chi connectivity index (χ2v) is 8.01. The summed E-state index contributed by atoms with van der Waals surface area (Å²) in [5, 5.41) is 3.63. The summed E-state index contributed by atoms with van der Waals surface area (Å²) in [5.41, 5.74) is 3.32. The van der Waals surface area contributed by atoms with Crippen molar-refractivity contribution in [2.24, 2.45) is 5.16 Å². The summed E-state index contributed by atoms with van der Waals surface area (Å²) in [7, 11) is 1.51. The summed E-state index contributed by atoms with van der Waals surface area (Å²) < 4.78 is 23.1. The van der Waals surface area contributed by atoms with Crippen LogP contribution in [0, 0.1) is 13.8 Å². The van der Waals surface area contributed by atoms with Crippen LogP contribution in [0.2, 0.25) is 0 Å². The number of allylic oxidation sites excluding steroid dienone is 1. The lowest BCUT2D eigenvalue weighted by molar-refractivity contribution is 0.154. The van der Waals surface area contributed by atoms with E-state index < -0.39 is 0 Å². The highest BCUT2D eigenvalue weighted by atomic mass is 16.6. The van der Waals surface area contributed by atoms with E-state index in [1.807, 2.05) is 55.5 Å². The fraction of sp³-hybridized carbons (Fsp3) is 0.464. The number of hydrogen-bond acceptors (Lipinski definition) is 6. The number of hydrogen-bond donors (Lipinski definition) is 0. The number of oxime groups is 1. The Labute approximate surface area is 204 Å². The molecule has 34 heavy (non-hydrogen) atoms. The van der Waals surface area contributed by atoms with Crippen molar-refractivity contribution in [1.29, 1.82) is 0 Å². The third-order valence-electron chi connectivity index (χ3n) is 5.13. The van der Waals surface area contributed by atoms with Gasteiger partial charge in [0.1, 0.15) is 31.0 Å². The van der Waals surface area contributed by atoms with Crippen molar-refractivity contribution >= 4 is 6.21 Å². The van der Waals surface area contributed by atoms with Crippen molar-refractivity contribution in [1.82, 2.24) is 0 Å². The molecule has 0 aromatic heterocycles. The number of benzene rings is 2. The van der Waals surface area contributed by atoms with Gasteiger partial charge in [0.2, 0.25) is 0 Å². The van der Waals surface area contributed by atoms with Gasteiger partial charge >= 0.3 is 0 Å². The summed E-state index contributed by atoms with van der Waals surface area (Å²) in [6, 6.07) is 12.1. The van der Waals surface area contributed by atoms with Crippen LogP contribution in [0.1, 0.15) is 49.3 Å². The average Bonchev–Trinajstić information content (AvgIpc) is 2.83. The van der Waals surface area contributed by atoms with Gasteiger partial charge in [0.25, 0.3) is 0 Å². The van der Waals surface area contributed by atoms with Gasteiger partial charge in [-0.15, -0.1) is 0 Å². The van der Waals surface area contributed by atoms with E-state index in [1.165, 1.54) is 7.11 Å². The molecule has 6 heteroatoms. The molecule has 0 saturated heterocycles. The lowest BCUT2D eigenvalue weighted by atomic mass is 10.1.